The van der Waals surface area contributed by atoms with Crippen molar-refractivity contribution in [3.8, 4) is 11.5 Å². The van der Waals surface area contributed by atoms with E-state index in [2.05, 4.69) is 19.9 Å². The van der Waals surface area contributed by atoms with E-state index in [-0.39, 0.29) is 5.82 Å². The largest absolute Gasteiger partial charge is 0.457 e. The van der Waals surface area contributed by atoms with Gasteiger partial charge in [0.05, 0.1) is 21.7 Å². The zero-order valence-corrected chi connectivity index (χ0v) is 15.6. The molecule has 0 spiro atoms. The average molecular weight is 417 g/mol. The number of halogens is 3. The Morgan fingerprint density at radius 3 is 2.55 bits per heavy atom. The maximum absolute atomic E-state index is 12.6. The Morgan fingerprint density at radius 1 is 1.03 bits per heavy atom. The molecule has 2 aromatic heterocycles. The SMILES string of the molecule is Nc1nc(C(F)(F)F)ncc1SCc1nc2ccc(Oc3ccccc3)cc2[nH]1. The summed E-state index contributed by atoms with van der Waals surface area (Å²) in [6.45, 7) is 0. The summed E-state index contributed by atoms with van der Waals surface area (Å²) in [7, 11) is 0. The number of hydrogen-bond donors (Lipinski definition) is 2. The van der Waals surface area contributed by atoms with Crippen molar-refractivity contribution in [2.24, 2.45) is 0 Å². The summed E-state index contributed by atoms with van der Waals surface area (Å²) in [6.07, 6.45) is -3.56. The monoisotopic (exact) mass is 417 g/mol. The summed E-state index contributed by atoms with van der Waals surface area (Å²) < 4.78 is 43.7. The van der Waals surface area contributed by atoms with Gasteiger partial charge in [-0.25, -0.2) is 15.0 Å². The van der Waals surface area contributed by atoms with Crippen LogP contribution in [0.2, 0.25) is 0 Å². The predicted octanol–water partition coefficient (Wildman–Crippen LogP) is 5.04. The topological polar surface area (TPSA) is 89.7 Å². The second-order valence-electron chi connectivity index (χ2n) is 6.01. The van der Waals surface area contributed by atoms with Crippen molar-refractivity contribution in [3.63, 3.8) is 0 Å². The van der Waals surface area contributed by atoms with Crippen LogP contribution >= 0.6 is 11.8 Å². The summed E-state index contributed by atoms with van der Waals surface area (Å²) in [5.41, 5.74) is 7.16. The van der Waals surface area contributed by atoms with Crippen molar-refractivity contribution < 1.29 is 17.9 Å². The smallest absolute Gasteiger partial charge is 0.451 e. The Hall–Kier alpha value is -3.27. The number of fused-ring (bicyclic) bond motifs is 1. The molecule has 2 heterocycles. The second kappa shape index (κ2) is 7.63. The first kappa shape index (κ1) is 19.1. The lowest BCUT2D eigenvalue weighted by atomic mass is 10.3. The Balaban J connectivity index is 1.47. The Kier molecular flexibility index (Phi) is 5.01. The number of nitrogens with two attached hydrogens (primary N) is 1. The van der Waals surface area contributed by atoms with Crippen LogP contribution in [0.1, 0.15) is 11.6 Å². The Bertz CT molecular complexity index is 1150. The molecule has 29 heavy (non-hydrogen) atoms. The molecule has 0 amide bonds. The molecule has 4 rings (SSSR count). The van der Waals surface area contributed by atoms with Crippen LogP contribution < -0.4 is 10.5 Å². The minimum atomic E-state index is -4.63. The molecular formula is C19H14F3N5OS. The van der Waals surface area contributed by atoms with E-state index in [1.165, 1.54) is 11.8 Å². The van der Waals surface area contributed by atoms with E-state index in [9.17, 15) is 13.2 Å². The molecule has 2 aromatic carbocycles. The maximum atomic E-state index is 12.6. The van der Waals surface area contributed by atoms with Crippen LogP contribution in [0.4, 0.5) is 19.0 Å². The van der Waals surface area contributed by atoms with E-state index in [1.807, 2.05) is 48.5 Å². The number of ether oxygens (including phenoxy) is 1. The number of rotatable bonds is 5. The zero-order chi connectivity index (χ0) is 20.4. The van der Waals surface area contributed by atoms with Crippen molar-refractivity contribution in [2.45, 2.75) is 16.8 Å². The van der Waals surface area contributed by atoms with Crippen molar-refractivity contribution in [1.29, 1.82) is 0 Å². The van der Waals surface area contributed by atoms with Crippen molar-refractivity contribution >= 4 is 28.6 Å². The Labute approximate surface area is 167 Å². The first-order valence-electron chi connectivity index (χ1n) is 8.42. The van der Waals surface area contributed by atoms with E-state index in [4.69, 9.17) is 10.5 Å². The normalized spacial score (nSPS) is 11.7. The third-order valence-electron chi connectivity index (χ3n) is 3.88. The van der Waals surface area contributed by atoms with E-state index in [0.29, 0.717) is 22.2 Å². The summed E-state index contributed by atoms with van der Waals surface area (Å²) in [5.74, 6) is 0.914. The first-order valence-corrected chi connectivity index (χ1v) is 9.41. The highest BCUT2D eigenvalue weighted by molar-refractivity contribution is 7.98. The van der Waals surface area contributed by atoms with E-state index < -0.39 is 12.0 Å². The molecule has 0 bridgehead atoms. The van der Waals surface area contributed by atoms with Crippen LogP contribution in [0.25, 0.3) is 11.0 Å². The molecule has 0 aliphatic carbocycles. The van der Waals surface area contributed by atoms with Crippen molar-refractivity contribution in [2.75, 3.05) is 5.73 Å². The van der Waals surface area contributed by atoms with Crippen LogP contribution in [0.3, 0.4) is 0 Å². The van der Waals surface area contributed by atoms with Gasteiger partial charge in [-0.3, -0.25) is 0 Å². The number of benzene rings is 2. The number of thioether (sulfide) groups is 1. The molecule has 0 fully saturated rings. The van der Waals surface area contributed by atoms with Crippen molar-refractivity contribution in [1.82, 2.24) is 19.9 Å². The lowest BCUT2D eigenvalue weighted by Gasteiger charge is -2.07. The summed E-state index contributed by atoms with van der Waals surface area (Å²) in [6, 6.07) is 14.9. The van der Waals surface area contributed by atoms with Gasteiger partial charge >= 0.3 is 6.18 Å². The fourth-order valence-electron chi connectivity index (χ4n) is 2.58. The minimum Gasteiger partial charge on any atom is -0.457 e. The average Bonchev–Trinajstić information content (AvgIpc) is 3.09. The van der Waals surface area contributed by atoms with Gasteiger partial charge in [0.25, 0.3) is 0 Å². The van der Waals surface area contributed by atoms with Gasteiger partial charge in [0.2, 0.25) is 5.82 Å². The van der Waals surface area contributed by atoms with Crippen LogP contribution in [0.15, 0.2) is 59.6 Å². The molecule has 10 heteroatoms. The summed E-state index contributed by atoms with van der Waals surface area (Å²) in [4.78, 5) is 14.7. The number of imidazole rings is 1. The van der Waals surface area contributed by atoms with Gasteiger partial charge in [-0.2, -0.15) is 13.2 Å². The predicted molar refractivity (Wildman–Crippen MR) is 104 cm³/mol. The van der Waals surface area contributed by atoms with Gasteiger partial charge in [-0.05, 0) is 24.3 Å². The molecule has 148 valence electrons. The lowest BCUT2D eigenvalue weighted by Crippen LogP contribution is -2.12. The van der Waals surface area contributed by atoms with Crippen LogP contribution in [0, 0.1) is 0 Å². The number of aromatic nitrogens is 4. The van der Waals surface area contributed by atoms with Gasteiger partial charge in [-0.1, -0.05) is 18.2 Å². The summed E-state index contributed by atoms with van der Waals surface area (Å²) in [5, 5.41) is 0. The van der Waals surface area contributed by atoms with Crippen LogP contribution in [-0.2, 0) is 11.9 Å². The molecule has 0 saturated carbocycles. The van der Waals surface area contributed by atoms with Crippen molar-refractivity contribution in [3.05, 3.63) is 66.4 Å². The number of anilines is 1. The summed E-state index contributed by atoms with van der Waals surface area (Å²) >= 11 is 1.20. The number of H-pyrrole nitrogens is 1. The molecule has 0 saturated heterocycles. The maximum Gasteiger partial charge on any atom is 0.451 e. The van der Waals surface area contributed by atoms with E-state index in [0.717, 1.165) is 23.0 Å². The number of hydrogen-bond acceptors (Lipinski definition) is 6. The van der Waals surface area contributed by atoms with Crippen LogP contribution in [-0.4, -0.2) is 19.9 Å². The second-order valence-corrected chi connectivity index (χ2v) is 7.02. The molecule has 0 aliphatic heterocycles. The number of alkyl halides is 3. The van der Waals surface area contributed by atoms with Gasteiger partial charge in [0.1, 0.15) is 23.1 Å². The third kappa shape index (κ3) is 4.43. The highest BCUT2D eigenvalue weighted by Gasteiger charge is 2.35. The fourth-order valence-corrected chi connectivity index (χ4v) is 3.33. The Morgan fingerprint density at radius 2 is 1.83 bits per heavy atom. The number of nitrogens with zero attached hydrogens (tertiary/aromatic N) is 3. The molecule has 0 unspecified atom stereocenters. The number of nitrogens with one attached hydrogen (secondary N) is 1. The number of aromatic amines is 1. The van der Waals surface area contributed by atoms with Gasteiger partial charge in [-0.15, -0.1) is 11.8 Å². The quantitative estimate of drug-likeness (QED) is 0.442. The molecule has 4 aromatic rings. The molecule has 0 aliphatic rings. The van der Waals surface area contributed by atoms with E-state index >= 15 is 0 Å². The fraction of sp³-hybridized carbons (Fsp3) is 0.105. The third-order valence-corrected chi connectivity index (χ3v) is 4.93. The first-order chi connectivity index (χ1) is 13.9. The minimum absolute atomic E-state index is 0.216. The molecule has 0 radical (unpaired) electrons. The zero-order valence-electron chi connectivity index (χ0n) is 14.8. The highest BCUT2D eigenvalue weighted by Crippen LogP contribution is 2.31. The molecule has 3 N–H and O–H groups in total. The number of nitrogen functional groups attached to an aromatic ring is 1. The molecule has 0 atom stereocenters. The molecular weight excluding hydrogens is 403 g/mol. The van der Waals surface area contributed by atoms with E-state index in [1.54, 1.807) is 0 Å². The van der Waals surface area contributed by atoms with Gasteiger partial charge in [0, 0.05) is 12.3 Å². The highest BCUT2D eigenvalue weighted by atomic mass is 32.2. The standard InChI is InChI=1S/C19H14F3N5OS/c20-19(21,22)18-24-9-15(17(23)27-18)29-10-16-25-13-7-6-12(8-14(13)26-16)28-11-4-2-1-3-5-11/h1-9H,10H2,(H,25,26)(H2,23,24,27). The van der Waals surface area contributed by atoms with Gasteiger partial charge < -0.3 is 15.5 Å². The van der Waals surface area contributed by atoms with Gasteiger partial charge in [0.15, 0.2) is 0 Å². The molecule has 6 nitrogen and oxygen atoms in total. The van der Waals surface area contributed by atoms with Crippen LogP contribution in [0.5, 0.6) is 11.5 Å². The lowest BCUT2D eigenvalue weighted by molar-refractivity contribution is -0.144. The number of para-hydroxylation sites is 1.